The molecule has 8 heteroatoms. The Labute approximate surface area is 180 Å². The number of amides is 1. The predicted molar refractivity (Wildman–Crippen MR) is 119 cm³/mol. The third-order valence-corrected chi connectivity index (χ3v) is 6.16. The molecule has 0 saturated carbocycles. The third kappa shape index (κ3) is 4.95. The maximum atomic E-state index is 12.7. The van der Waals surface area contributed by atoms with E-state index in [9.17, 15) is 9.59 Å². The van der Waals surface area contributed by atoms with E-state index in [-0.39, 0.29) is 11.5 Å². The number of nitrogens with zero attached hydrogens (tertiary/aromatic N) is 5. The molecule has 4 rings (SSSR count). The van der Waals surface area contributed by atoms with Gasteiger partial charge >= 0.3 is 0 Å². The molecule has 0 atom stereocenters. The van der Waals surface area contributed by atoms with Gasteiger partial charge in [0.25, 0.3) is 5.56 Å². The van der Waals surface area contributed by atoms with E-state index >= 15 is 0 Å². The molecule has 30 heavy (non-hydrogen) atoms. The first-order chi connectivity index (χ1) is 14.5. The van der Waals surface area contributed by atoms with Crippen LogP contribution in [0, 0.1) is 6.92 Å². The van der Waals surface area contributed by atoms with Crippen LogP contribution in [0.4, 0.5) is 0 Å². The van der Waals surface area contributed by atoms with E-state index in [2.05, 4.69) is 41.1 Å². The molecule has 0 aliphatic carbocycles. The van der Waals surface area contributed by atoms with E-state index in [4.69, 9.17) is 0 Å². The van der Waals surface area contributed by atoms with Crippen molar-refractivity contribution in [2.24, 2.45) is 0 Å². The van der Waals surface area contributed by atoms with E-state index in [1.165, 1.54) is 26.9 Å². The summed E-state index contributed by atoms with van der Waals surface area (Å²) in [6.07, 6.45) is 1.73. The Balaban J connectivity index is 1.27. The van der Waals surface area contributed by atoms with Crippen molar-refractivity contribution in [3.8, 4) is 0 Å². The van der Waals surface area contributed by atoms with Crippen LogP contribution in [0.2, 0.25) is 0 Å². The van der Waals surface area contributed by atoms with E-state index in [0.717, 1.165) is 32.7 Å². The molecule has 3 aromatic rings. The Morgan fingerprint density at radius 1 is 1.20 bits per heavy atom. The number of carbonyl (C=O) groups excluding carboxylic acids is 1. The molecule has 1 aromatic carbocycles. The lowest BCUT2D eigenvalue weighted by molar-refractivity contribution is -0.134. The zero-order valence-electron chi connectivity index (χ0n) is 17.5. The van der Waals surface area contributed by atoms with Gasteiger partial charge in [0.05, 0.1) is 12.2 Å². The quantitative estimate of drug-likeness (QED) is 0.603. The molecule has 0 N–H and O–H groups in total. The number of hydrogen-bond acceptors (Lipinski definition) is 6. The lowest BCUT2D eigenvalue weighted by Gasteiger charge is -2.35. The van der Waals surface area contributed by atoms with Gasteiger partial charge in [-0.1, -0.05) is 29.8 Å². The molecule has 0 spiro atoms. The summed E-state index contributed by atoms with van der Waals surface area (Å²) < 4.78 is 1.54. The summed E-state index contributed by atoms with van der Waals surface area (Å²) in [5, 5.41) is 1.85. The van der Waals surface area contributed by atoms with Crippen molar-refractivity contribution in [1.29, 1.82) is 0 Å². The number of piperazine rings is 1. The van der Waals surface area contributed by atoms with Gasteiger partial charge in [0.2, 0.25) is 5.91 Å². The standard InChI is InChI=1S/C22H27N5O2S/c1-17-4-3-5-18(12-17)14-25-6-8-26(9-7-25)21(29)16-24(2)15-19-13-20(28)27-10-11-30-22(27)23-19/h3-5,10-13H,6-9,14-16H2,1-2H3. The summed E-state index contributed by atoms with van der Waals surface area (Å²) in [4.78, 5) is 36.3. The number of fused-ring (bicyclic) bond motifs is 1. The first kappa shape index (κ1) is 20.7. The molecule has 0 unspecified atom stereocenters. The fourth-order valence-corrected chi connectivity index (χ4v) is 4.59. The monoisotopic (exact) mass is 425 g/mol. The summed E-state index contributed by atoms with van der Waals surface area (Å²) in [5.41, 5.74) is 3.21. The van der Waals surface area contributed by atoms with Gasteiger partial charge in [0.15, 0.2) is 4.96 Å². The van der Waals surface area contributed by atoms with Crippen LogP contribution < -0.4 is 5.56 Å². The van der Waals surface area contributed by atoms with Crippen molar-refractivity contribution in [1.82, 2.24) is 24.1 Å². The summed E-state index contributed by atoms with van der Waals surface area (Å²) in [6.45, 7) is 7.11. The zero-order chi connectivity index (χ0) is 21.1. The van der Waals surface area contributed by atoms with Crippen molar-refractivity contribution < 1.29 is 4.79 Å². The van der Waals surface area contributed by atoms with Crippen molar-refractivity contribution >= 4 is 22.2 Å². The van der Waals surface area contributed by atoms with E-state index < -0.39 is 0 Å². The van der Waals surface area contributed by atoms with Crippen LogP contribution in [-0.4, -0.2) is 69.8 Å². The van der Waals surface area contributed by atoms with E-state index in [1.807, 2.05) is 22.2 Å². The van der Waals surface area contributed by atoms with Crippen molar-refractivity contribution in [2.75, 3.05) is 39.8 Å². The van der Waals surface area contributed by atoms with Gasteiger partial charge in [0, 0.05) is 56.9 Å². The average molecular weight is 426 g/mol. The lowest BCUT2D eigenvalue weighted by Crippen LogP contribution is -2.50. The molecule has 0 bridgehead atoms. The molecule has 1 aliphatic rings. The molecular formula is C22H27N5O2S. The minimum atomic E-state index is -0.0827. The molecule has 2 aromatic heterocycles. The largest absolute Gasteiger partial charge is 0.339 e. The second-order valence-electron chi connectivity index (χ2n) is 7.96. The number of thiazole rings is 1. The highest BCUT2D eigenvalue weighted by Gasteiger charge is 2.22. The topological polar surface area (TPSA) is 61.2 Å². The molecule has 1 saturated heterocycles. The molecule has 7 nitrogen and oxygen atoms in total. The van der Waals surface area contributed by atoms with Crippen LogP contribution in [0.25, 0.3) is 4.96 Å². The summed E-state index contributed by atoms with van der Waals surface area (Å²) in [6, 6.07) is 10.1. The highest BCUT2D eigenvalue weighted by Crippen LogP contribution is 2.11. The SMILES string of the molecule is Cc1cccc(CN2CCN(C(=O)CN(C)Cc3cc(=O)n4ccsc4n3)CC2)c1. The van der Waals surface area contributed by atoms with E-state index in [1.54, 1.807) is 12.3 Å². The normalized spacial score (nSPS) is 15.2. The van der Waals surface area contributed by atoms with Crippen LogP contribution in [0.15, 0.2) is 46.7 Å². The number of aryl methyl sites for hydroxylation is 1. The first-order valence-corrected chi connectivity index (χ1v) is 11.1. The van der Waals surface area contributed by atoms with Crippen LogP contribution in [0.3, 0.4) is 0 Å². The van der Waals surface area contributed by atoms with Gasteiger partial charge in [-0.3, -0.25) is 23.8 Å². The molecule has 3 heterocycles. The number of rotatable bonds is 6. The summed E-state index contributed by atoms with van der Waals surface area (Å²) in [7, 11) is 1.89. The first-order valence-electron chi connectivity index (χ1n) is 10.2. The van der Waals surface area contributed by atoms with Crippen LogP contribution in [-0.2, 0) is 17.9 Å². The second kappa shape index (κ2) is 9.07. The highest BCUT2D eigenvalue weighted by molar-refractivity contribution is 7.15. The number of likely N-dealkylation sites (N-methyl/N-ethyl adjacent to an activating group) is 1. The summed E-state index contributed by atoms with van der Waals surface area (Å²) >= 11 is 1.43. The molecule has 1 amide bonds. The number of aromatic nitrogens is 2. The van der Waals surface area contributed by atoms with Crippen LogP contribution in [0.5, 0.6) is 0 Å². The molecule has 0 radical (unpaired) electrons. The Hall–Kier alpha value is -2.55. The maximum Gasteiger partial charge on any atom is 0.258 e. The minimum Gasteiger partial charge on any atom is -0.339 e. The zero-order valence-corrected chi connectivity index (χ0v) is 18.3. The van der Waals surface area contributed by atoms with Gasteiger partial charge in [-0.25, -0.2) is 4.98 Å². The van der Waals surface area contributed by atoms with Crippen molar-refractivity contribution in [3.63, 3.8) is 0 Å². The van der Waals surface area contributed by atoms with E-state index in [0.29, 0.717) is 23.7 Å². The van der Waals surface area contributed by atoms with Crippen molar-refractivity contribution in [3.05, 3.63) is 69.1 Å². The minimum absolute atomic E-state index is 0.0827. The number of carbonyl (C=O) groups is 1. The fraction of sp³-hybridized carbons (Fsp3) is 0.409. The molecule has 1 fully saturated rings. The van der Waals surface area contributed by atoms with Crippen LogP contribution in [0.1, 0.15) is 16.8 Å². The number of hydrogen-bond donors (Lipinski definition) is 0. The van der Waals surface area contributed by atoms with Crippen LogP contribution >= 0.6 is 11.3 Å². The Bertz CT molecular complexity index is 1080. The van der Waals surface area contributed by atoms with Gasteiger partial charge in [-0.2, -0.15) is 0 Å². The summed E-state index contributed by atoms with van der Waals surface area (Å²) in [5.74, 6) is 0.127. The Kier molecular flexibility index (Phi) is 6.26. The fourth-order valence-electron chi connectivity index (χ4n) is 3.86. The third-order valence-electron chi connectivity index (χ3n) is 5.41. The smallest absolute Gasteiger partial charge is 0.258 e. The van der Waals surface area contributed by atoms with Gasteiger partial charge in [-0.15, -0.1) is 11.3 Å². The molecule has 158 valence electrons. The Morgan fingerprint density at radius 2 is 2.00 bits per heavy atom. The highest BCUT2D eigenvalue weighted by atomic mass is 32.1. The lowest BCUT2D eigenvalue weighted by atomic mass is 10.1. The second-order valence-corrected chi connectivity index (χ2v) is 8.83. The Morgan fingerprint density at radius 3 is 2.77 bits per heavy atom. The molecular weight excluding hydrogens is 398 g/mol. The molecule has 1 aliphatic heterocycles. The van der Waals surface area contributed by atoms with Gasteiger partial charge in [0.1, 0.15) is 0 Å². The number of benzene rings is 1. The van der Waals surface area contributed by atoms with Crippen molar-refractivity contribution in [2.45, 2.75) is 20.0 Å². The predicted octanol–water partition coefficient (Wildman–Crippen LogP) is 1.84. The van der Waals surface area contributed by atoms with Gasteiger partial charge in [-0.05, 0) is 19.5 Å². The maximum absolute atomic E-state index is 12.7. The average Bonchev–Trinajstić information content (AvgIpc) is 3.17. The van der Waals surface area contributed by atoms with Gasteiger partial charge < -0.3 is 4.90 Å².